The zero-order valence-corrected chi connectivity index (χ0v) is 11.8. The fourth-order valence-electron chi connectivity index (χ4n) is 2.76. The van der Waals surface area contributed by atoms with Gasteiger partial charge >= 0.3 is 0 Å². The van der Waals surface area contributed by atoms with Crippen LogP contribution in [0.15, 0.2) is 12.1 Å². The summed E-state index contributed by atoms with van der Waals surface area (Å²) in [4.78, 5) is 0. The number of aryl methyl sites for hydroxylation is 2. The third-order valence-corrected chi connectivity index (χ3v) is 4.29. The van der Waals surface area contributed by atoms with E-state index in [1.807, 2.05) is 0 Å². The molecule has 0 heterocycles. The lowest BCUT2D eigenvalue weighted by molar-refractivity contribution is 0.131. The Morgan fingerprint density at radius 3 is 2.28 bits per heavy atom. The molecule has 1 aromatic carbocycles. The Balaban J connectivity index is 2.04. The molecule has 0 atom stereocenters. The number of rotatable bonds is 3. The van der Waals surface area contributed by atoms with Crippen LogP contribution in [0.5, 0.6) is 5.75 Å². The van der Waals surface area contributed by atoms with Crippen LogP contribution in [-0.4, -0.2) is 12.6 Å². The van der Waals surface area contributed by atoms with Gasteiger partial charge in [0.05, 0.1) is 6.10 Å². The van der Waals surface area contributed by atoms with Crippen LogP contribution in [0.2, 0.25) is 0 Å². The van der Waals surface area contributed by atoms with Crippen molar-refractivity contribution in [2.45, 2.75) is 52.6 Å². The van der Waals surface area contributed by atoms with Gasteiger partial charge in [0, 0.05) is 0 Å². The normalized spacial score (nSPS) is 24.0. The average Bonchev–Trinajstić information content (AvgIpc) is 2.40. The van der Waals surface area contributed by atoms with Gasteiger partial charge in [0.25, 0.3) is 0 Å². The predicted octanol–water partition coefficient (Wildman–Crippen LogP) is 3.51. The molecule has 2 nitrogen and oxygen atoms in total. The summed E-state index contributed by atoms with van der Waals surface area (Å²) < 4.78 is 6.25. The highest BCUT2D eigenvalue weighted by Gasteiger charge is 2.22. The number of hydrogen-bond acceptors (Lipinski definition) is 2. The molecule has 2 heteroatoms. The fraction of sp³-hybridized carbons (Fsp3) is 0.625. The van der Waals surface area contributed by atoms with Gasteiger partial charge in [-0.05, 0) is 75.6 Å². The summed E-state index contributed by atoms with van der Waals surface area (Å²) in [5.74, 6) is 1.82. The topological polar surface area (TPSA) is 35.2 Å². The summed E-state index contributed by atoms with van der Waals surface area (Å²) in [5.41, 5.74) is 9.58. The van der Waals surface area contributed by atoms with Gasteiger partial charge in [-0.1, -0.05) is 12.1 Å². The average molecular weight is 247 g/mol. The van der Waals surface area contributed by atoms with Crippen LogP contribution in [0.1, 0.15) is 42.4 Å². The summed E-state index contributed by atoms with van der Waals surface area (Å²) in [6.45, 7) is 7.26. The van der Waals surface area contributed by atoms with Crippen molar-refractivity contribution in [2.24, 2.45) is 11.7 Å². The van der Waals surface area contributed by atoms with E-state index in [1.54, 1.807) is 0 Å². The molecule has 1 fully saturated rings. The molecule has 2 N–H and O–H groups in total. The third kappa shape index (κ3) is 2.86. The molecule has 0 saturated heterocycles. The first kappa shape index (κ1) is 13.4. The van der Waals surface area contributed by atoms with Crippen LogP contribution < -0.4 is 10.5 Å². The van der Waals surface area contributed by atoms with Crippen LogP contribution >= 0.6 is 0 Å². The van der Waals surface area contributed by atoms with Crippen LogP contribution in [0.4, 0.5) is 0 Å². The van der Waals surface area contributed by atoms with E-state index in [4.69, 9.17) is 10.5 Å². The molecule has 1 aliphatic carbocycles. The molecular formula is C16H25NO. The maximum atomic E-state index is 6.25. The van der Waals surface area contributed by atoms with Crippen molar-refractivity contribution in [3.8, 4) is 5.75 Å². The molecule has 0 unspecified atom stereocenters. The maximum Gasteiger partial charge on any atom is 0.125 e. The minimum Gasteiger partial charge on any atom is -0.490 e. The molecule has 100 valence electrons. The van der Waals surface area contributed by atoms with Gasteiger partial charge in [0.15, 0.2) is 0 Å². The maximum absolute atomic E-state index is 6.25. The van der Waals surface area contributed by atoms with Gasteiger partial charge < -0.3 is 10.5 Å². The summed E-state index contributed by atoms with van der Waals surface area (Å²) >= 11 is 0. The van der Waals surface area contributed by atoms with Crippen LogP contribution in [0.3, 0.4) is 0 Å². The molecule has 2 rings (SSSR count). The molecule has 0 aliphatic heterocycles. The standard InChI is InChI=1S/C16H25NO/c1-11-4-5-12(2)16(13(11)3)18-15-8-6-14(10-17)7-9-15/h4-5,14-15H,6-10,17H2,1-3H3. The largest absolute Gasteiger partial charge is 0.490 e. The van der Waals surface area contributed by atoms with E-state index in [0.717, 1.165) is 25.1 Å². The molecule has 1 aromatic rings. The highest BCUT2D eigenvalue weighted by atomic mass is 16.5. The Hall–Kier alpha value is -1.02. The second-order valence-corrected chi connectivity index (χ2v) is 5.65. The van der Waals surface area contributed by atoms with E-state index in [2.05, 4.69) is 32.9 Å². The molecule has 0 amide bonds. The zero-order valence-electron chi connectivity index (χ0n) is 11.8. The summed E-state index contributed by atoms with van der Waals surface area (Å²) in [6.07, 6.45) is 5.10. The van der Waals surface area contributed by atoms with E-state index in [0.29, 0.717) is 12.0 Å². The van der Waals surface area contributed by atoms with Crippen molar-refractivity contribution in [3.63, 3.8) is 0 Å². The van der Waals surface area contributed by atoms with Crippen molar-refractivity contribution < 1.29 is 4.74 Å². The van der Waals surface area contributed by atoms with E-state index in [9.17, 15) is 0 Å². The smallest absolute Gasteiger partial charge is 0.125 e. The van der Waals surface area contributed by atoms with Gasteiger partial charge in [-0.2, -0.15) is 0 Å². The SMILES string of the molecule is Cc1ccc(C)c(OC2CCC(CN)CC2)c1C. The van der Waals surface area contributed by atoms with E-state index in [1.165, 1.54) is 29.5 Å². The Kier molecular flexibility index (Phi) is 4.28. The molecule has 1 aliphatic rings. The minimum atomic E-state index is 0.381. The molecular weight excluding hydrogens is 222 g/mol. The molecule has 0 aromatic heterocycles. The number of ether oxygens (including phenoxy) is 1. The van der Waals surface area contributed by atoms with Crippen LogP contribution in [0, 0.1) is 26.7 Å². The van der Waals surface area contributed by atoms with Crippen LogP contribution in [0.25, 0.3) is 0 Å². The van der Waals surface area contributed by atoms with Gasteiger partial charge in [-0.25, -0.2) is 0 Å². The lowest BCUT2D eigenvalue weighted by atomic mass is 9.87. The summed E-state index contributed by atoms with van der Waals surface area (Å²) in [5, 5.41) is 0. The number of nitrogens with two attached hydrogens (primary N) is 1. The second kappa shape index (κ2) is 5.75. The monoisotopic (exact) mass is 247 g/mol. The molecule has 18 heavy (non-hydrogen) atoms. The van der Waals surface area contributed by atoms with Gasteiger partial charge in [0.1, 0.15) is 5.75 Å². The van der Waals surface area contributed by atoms with Gasteiger partial charge in [-0.15, -0.1) is 0 Å². The minimum absolute atomic E-state index is 0.381. The van der Waals surface area contributed by atoms with Crippen molar-refractivity contribution >= 4 is 0 Å². The first-order chi connectivity index (χ1) is 8.61. The highest BCUT2D eigenvalue weighted by Crippen LogP contribution is 2.31. The van der Waals surface area contributed by atoms with Gasteiger partial charge in [-0.3, -0.25) is 0 Å². The number of hydrogen-bond donors (Lipinski definition) is 1. The first-order valence-electron chi connectivity index (χ1n) is 7.05. The first-order valence-corrected chi connectivity index (χ1v) is 7.05. The number of benzene rings is 1. The van der Waals surface area contributed by atoms with Gasteiger partial charge in [0.2, 0.25) is 0 Å². The second-order valence-electron chi connectivity index (χ2n) is 5.65. The lowest BCUT2D eigenvalue weighted by Gasteiger charge is -2.29. The van der Waals surface area contributed by atoms with E-state index in [-0.39, 0.29) is 0 Å². The van der Waals surface area contributed by atoms with E-state index < -0.39 is 0 Å². The van der Waals surface area contributed by atoms with Crippen molar-refractivity contribution in [2.75, 3.05) is 6.54 Å². The van der Waals surface area contributed by atoms with Crippen molar-refractivity contribution in [1.82, 2.24) is 0 Å². The lowest BCUT2D eigenvalue weighted by Crippen LogP contribution is -2.28. The Labute approximate surface area is 111 Å². The van der Waals surface area contributed by atoms with Crippen LogP contribution in [-0.2, 0) is 0 Å². The fourth-order valence-corrected chi connectivity index (χ4v) is 2.76. The Morgan fingerprint density at radius 2 is 1.67 bits per heavy atom. The molecule has 0 bridgehead atoms. The van der Waals surface area contributed by atoms with Crippen molar-refractivity contribution in [3.05, 3.63) is 28.8 Å². The Morgan fingerprint density at radius 1 is 1.06 bits per heavy atom. The molecule has 0 radical (unpaired) electrons. The molecule has 1 saturated carbocycles. The third-order valence-electron chi connectivity index (χ3n) is 4.29. The summed E-state index contributed by atoms with van der Waals surface area (Å²) in [7, 11) is 0. The molecule has 0 spiro atoms. The predicted molar refractivity (Wildman–Crippen MR) is 76.1 cm³/mol. The van der Waals surface area contributed by atoms with E-state index >= 15 is 0 Å². The quantitative estimate of drug-likeness (QED) is 0.887. The summed E-state index contributed by atoms with van der Waals surface area (Å²) in [6, 6.07) is 4.33. The highest BCUT2D eigenvalue weighted by molar-refractivity contribution is 5.44. The van der Waals surface area contributed by atoms with Crippen molar-refractivity contribution in [1.29, 1.82) is 0 Å². The Bertz CT molecular complexity index is 406. The zero-order chi connectivity index (χ0) is 13.1.